The molecule has 2 aromatic carbocycles. The van der Waals surface area contributed by atoms with E-state index >= 15 is 0 Å². The lowest BCUT2D eigenvalue weighted by Crippen LogP contribution is -2.37. The van der Waals surface area contributed by atoms with Crippen molar-refractivity contribution in [1.82, 2.24) is 20.2 Å². The molecule has 0 bridgehead atoms. The van der Waals surface area contributed by atoms with Crippen LogP contribution < -0.4 is 15.0 Å². The van der Waals surface area contributed by atoms with Gasteiger partial charge < -0.3 is 15.0 Å². The summed E-state index contributed by atoms with van der Waals surface area (Å²) in [5.41, 5.74) is 2.74. The fraction of sp³-hybridized carbons (Fsp3) is 0.211. The Balaban J connectivity index is 1.65. The van der Waals surface area contributed by atoms with E-state index < -0.39 is 5.92 Å². The first-order valence-corrected chi connectivity index (χ1v) is 8.65. The van der Waals surface area contributed by atoms with Crippen LogP contribution >= 0.6 is 0 Å². The van der Waals surface area contributed by atoms with E-state index in [1.54, 1.807) is 30.1 Å². The van der Waals surface area contributed by atoms with Gasteiger partial charge in [0.15, 0.2) is 0 Å². The third-order valence-corrected chi connectivity index (χ3v) is 4.75. The van der Waals surface area contributed by atoms with E-state index in [0.717, 1.165) is 11.3 Å². The van der Waals surface area contributed by atoms with Crippen LogP contribution in [0.15, 0.2) is 48.8 Å². The highest BCUT2D eigenvalue weighted by Crippen LogP contribution is 2.36. The van der Waals surface area contributed by atoms with Gasteiger partial charge in [-0.05, 0) is 28.1 Å². The Bertz CT molecular complexity index is 1030. The Morgan fingerprint density at radius 1 is 1.25 bits per heavy atom. The highest BCUT2D eigenvalue weighted by atomic mass is 16.5. The minimum Gasteiger partial charge on any atom is -0.497 e. The molecule has 1 aromatic heterocycles. The molecule has 4 rings (SSSR count). The average Bonchev–Trinajstić information content (AvgIpc) is 3.25. The highest BCUT2D eigenvalue weighted by Gasteiger charge is 2.33. The summed E-state index contributed by atoms with van der Waals surface area (Å²) in [5, 5.41) is 14.0. The van der Waals surface area contributed by atoms with Gasteiger partial charge in [0.25, 0.3) is 0 Å². The molecule has 0 unspecified atom stereocenters. The number of rotatable bonds is 4. The maximum atomic E-state index is 13.0. The van der Waals surface area contributed by atoms with Crippen molar-refractivity contribution in [2.75, 3.05) is 24.4 Å². The second-order valence-electron chi connectivity index (χ2n) is 6.43. The second-order valence-corrected chi connectivity index (χ2v) is 6.43. The summed E-state index contributed by atoms with van der Waals surface area (Å²) in [7, 11) is 3.26. The molecule has 0 spiro atoms. The predicted octanol–water partition coefficient (Wildman–Crippen LogP) is 1.76. The van der Waals surface area contributed by atoms with Crippen LogP contribution in [0.4, 0.5) is 11.4 Å². The van der Waals surface area contributed by atoms with Crippen LogP contribution in [0.1, 0.15) is 17.9 Å². The monoisotopic (exact) mass is 378 g/mol. The molecule has 1 aliphatic rings. The van der Waals surface area contributed by atoms with Crippen molar-refractivity contribution < 1.29 is 14.3 Å². The predicted molar refractivity (Wildman–Crippen MR) is 102 cm³/mol. The summed E-state index contributed by atoms with van der Waals surface area (Å²) in [6.45, 7) is 0. The highest BCUT2D eigenvalue weighted by molar-refractivity contribution is 6.06. The summed E-state index contributed by atoms with van der Waals surface area (Å²) >= 11 is 0. The number of aromatic nitrogens is 4. The Kier molecular flexibility index (Phi) is 4.48. The van der Waals surface area contributed by atoms with E-state index in [4.69, 9.17) is 4.74 Å². The third-order valence-electron chi connectivity index (χ3n) is 4.75. The zero-order valence-corrected chi connectivity index (χ0v) is 15.4. The molecule has 0 saturated heterocycles. The summed E-state index contributed by atoms with van der Waals surface area (Å²) < 4.78 is 6.78. The molecule has 0 radical (unpaired) electrons. The second kappa shape index (κ2) is 7.10. The van der Waals surface area contributed by atoms with Gasteiger partial charge in [0.2, 0.25) is 11.8 Å². The number of ether oxygens (including phenoxy) is 1. The Morgan fingerprint density at radius 3 is 2.82 bits per heavy atom. The van der Waals surface area contributed by atoms with E-state index in [2.05, 4.69) is 20.8 Å². The quantitative estimate of drug-likeness (QED) is 0.742. The summed E-state index contributed by atoms with van der Waals surface area (Å²) in [5.74, 6) is -0.380. The Morgan fingerprint density at radius 2 is 2.07 bits per heavy atom. The first-order valence-electron chi connectivity index (χ1n) is 8.65. The van der Waals surface area contributed by atoms with Crippen LogP contribution in [-0.4, -0.2) is 46.2 Å². The van der Waals surface area contributed by atoms with Gasteiger partial charge in [-0.25, -0.2) is 4.68 Å². The number of hydrogen-bond donors (Lipinski definition) is 1. The van der Waals surface area contributed by atoms with Crippen molar-refractivity contribution in [2.24, 2.45) is 0 Å². The number of carbonyl (C=O) groups excluding carboxylic acids is 2. The lowest BCUT2D eigenvalue weighted by atomic mass is 9.89. The molecule has 1 N–H and O–H groups in total. The topological polar surface area (TPSA) is 102 Å². The van der Waals surface area contributed by atoms with Crippen molar-refractivity contribution in [3.8, 4) is 11.4 Å². The molecule has 0 aliphatic carbocycles. The SMILES string of the molecule is COc1cc(NC(=O)[C@@H]2CC(=O)N(C)c3ccccc32)cc(-n2cnnn2)c1. The van der Waals surface area contributed by atoms with Gasteiger partial charge in [-0.2, -0.15) is 0 Å². The molecule has 28 heavy (non-hydrogen) atoms. The summed E-state index contributed by atoms with van der Waals surface area (Å²) in [6.07, 6.45) is 1.56. The van der Waals surface area contributed by atoms with Gasteiger partial charge >= 0.3 is 0 Å². The Labute approximate surface area is 160 Å². The first kappa shape index (κ1) is 17.7. The molecule has 2 amide bonds. The molecule has 1 atom stereocenters. The van der Waals surface area contributed by atoms with E-state index in [1.807, 2.05) is 24.3 Å². The summed E-state index contributed by atoms with van der Waals surface area (Å²) in [6, 6.07) is 12.6. The zero-order valence-electron chi connectivity index (χ0n) is 15.4. The normalized spacial score (nSPS) is 15.9. The zero-order chi connectivity index (χ0) is 19.7. The van der Waals surface area contributed by atoms with Crippen LogP contribution in [0.25, 0.3) is 5.69 Å². The maximum Gasteiger partial charge on any atom is 0.232 e. The van der Waals surface area contributed by atoms with E-state index in [9.17, 15) is 9.59 Å². The van der Waals surface area contributed by atoms with Gasteiger partial charge in [-0.3, -0.25) is 9.59 Å². The number of amides is 2. The molecule has 2 heterocycles. The maximum absolute atomic E-state index is 13.0. The molecule has 9 heteroatoms. The van der Waals surface area contributed by atoms with E-state index in [-0.39, 0.29) is 18.2 Å². The van der Waals surface area contributed by atoms with Crippen LogP contribution in [0.3, 0.4) is 0 Å². The number of methoxy groups -OCH3 is 1. The first-order chi connectivity index (χ1) is 13.6. The number of benzene rings is 2. The van der Waals surface area contributed by atoms with Crippen molar-refractivity contribution in [3.05, 3.63) is 54.4 Å². The third kappa shape index (κ3) is 3.18. The van der Waals surface area contributed by atoms with Gasteiger partial charge in [-0.15, -0.1) is 5.10 Å². The lowest BCUT2D eigenvalue weighted by molar-refractivity contribution is -0.124. The van der Waals surface area contributed by atoms with E-state index in [0.29, 0.717) is 17.1 Å². The molecule has 9 nitrogen and oxygen atoms in total. The molecule has 0 fully saturated rings. The molecular formula is C19H18N6O3. The minimum atomic E-state index is -0.567. The number of nitrogens with zero attached hydrogens (tertiary/aromatic N) is 5. The fourth-order valence-electron chi connectivity index (χ4n) is 3.29. The number of hydrogen-bond acceptors (Lipinski definition) is 6. The lowest BCUT2D eigenvalue weighted by Gasteiger charge is -2.30. The van der Waals surface area contributed by atoms with Gasteiger partial charge in [-0.1, -0.05) is 18.2 Å². The van der Waals surface area contributed by atoms with Gasteiger partial charge in [0.1, 0.15) is 12.1 Å². The van der Waals surface area contributed by atoms with E-state index in [1.165, 1.54) is 18.1 Å². The number of carbonyl (C=O) groups is 2. The number of para-hydroxylation sites is 1. The number of nitrogens with one attached hydrogen (secondary N) is 1. The Hall–Kier alpha value is -3.75. The number of anilines is 2. The van der Waals surface area contributed by atoms with Crippen LogP contribution in [-0.2, 0) is 9.59 Å². The van der Waals surface area contributed by atoms with Gasteiger partial charge in [0, 0.05) is 37.0 Å². The van der Waals surface area contributed by atoms with Crippen LogP contribution in [0.2, 0.25) is 0 Å². The molecule has 1 aliphatic heterocycles. The van der Waals surface area contributed by atoms with Crippen LogP contribution in [0, 0.1) is 0 Å². The molecule has 142 valence electrons. The van der Waals surface area contributed by atoms with Crippen molar-refractivity contribution >= 4 is 23.2 Å². The van der Waals surface area contributed by atoms with Crippen LogP contribution in [0.5, 0.6) is 5.75 Å². The smallest absolute Gasteiger partial charge is 0.232 e. The number of fused-ring (bicyclic) bond motifs is 1. The molecule has 3 aromatic rings. The molecular weight excluding hydrogens is 360 g/mol. The van der Waals surface area contributed by atoms with Crippen molar-refractivity contribution in [1.29, 1.82) is 0 Å². The minimum absolute atomic E-state index is 0.0983. The summed E-state index contributed by atoms with van der Waals surface area (Å²) in [4.78, 5) is 26.9. The largest absolute Gasteiger partial charge is 0.497 e. The van der Waals surface area contributed by atoms with Gasteiger partial charge in [0.05, 0.1) is 18.7 Å². The average molecular weight is 378 g/mol. The van der Waals surface area contributed by atoms with Crippen molar-refractivity contribution in [3.63, 3.8) is 0 Å². The van der Waals surface area contributed by atoms with Crippen molar-refractivity contribution in [2.45, 2.75) is 12.3 Å². The fourth-order valence-corrected chi connectivity index (χ4v) is 3.29. The molecule has 0 saturated carbocycles. The standard InChI is InChI=1S/C19H18N6O3/c1-24-17-6-4-3-5-15(17)16(10-18(24)26)19(27)21-12-7-13(9-14(8-12)28-2)25-11-20-22-23-25/h3-9,11,16H,10H2,1-2H3,(H,21,27)/t16-/m1/s1. The number of tetrazole rings is 1.